The van der Waals surface area contributed by atoms with Crippen LogP contribution in [0.2, 0.25) is 0 Å². The summed E-state index contributed by atoms with van der Waals surface area (Å²) < 4.78 is 1.76. The molecule has 1 aromatic heterocycles. The van der Waals surface area contributed by atoms with E-state index in [1.165, 1.54) is 16.3 Å². The molecule has 3 nitrogen and oxygen atoms in total. The zero-order valence-electron chi connectivity index (χ0n) is 17.5. The van der Waals surface area contributed by atoms with E-state index in [0.717, 1.165) is 28.1 Å². The highest BCUT2D eigenvalue weighted by atomic mass is 32.2. The fraction of sp³-hybridized carbons (Fsp3) is 0.111. The molecule has 0 fully saturated rings. The summed E-state index contributed by atoms with van der Waals surface area (Å²) in [4.78, 5) is 18.4. The predicted molar refractivity (Wildman–Crippen MR) is 130 cm³/mol. The Morgan fingerprint density at radius 2 is 1.48 bits per heavy atom. The van der Waals surface area contributed by atoms with Gasteiger partial charge in [0.15, 0.2) is 5.16 Å². The van der Waals surface area contributed by atoms with Gasteiger partial charge >= 0.3 is 0 Å². The highest BCUT2D eigenvalue weighted by Crippen LogP contribution is 2.28. The van der Waals surface area contributed by atoms with E-state index in [9.17, 15) is 4.79 Å². The van der Waals surface area contributed by atoms with Crippen molar-refractivity contribution in [2.75, 3.05) is 0 Å². The Bertz CT molecular complexity index is 1460. The average Bonchev–Trinajstić information content (AvgIpc) is 2.77. The largest absolute Gasteiger partial charge is 0.268 e. The number of benzene rings is 4. The lowest BCUT2D eigenvalue weighted by Crippen LogP contribution is -2.22. The zero-order chi connectivity index (χ0) is 21.4. The van der Waals surface area contributed by atoms with Crippen LogP contribution in [-0.4, -0.2) is 9.55 Å². The standard InChI is InChI=1S/C27H22N2OS/c1-18-14-19(2)16-22(15-18)29-26(30)24-12-5-6-13-25(24)28-27(29)31-17-21-10-7-9-20-8-3-4-11-23(20)21/h3-16H,17H2,1-2H3. The average molecular weight is 423 g/mol. The Labute approximate surface area is 185 Å². The van der Waals surface area contributed by atoms with Crippen LogP contribution in [0.4, 0.5) is 0 Å². The molecule has 0 saturated carbocycles. The van der Waals surface area contributed by atoms with Crippen LogP contribution in [0.25, 0.3) is 27.4 Å². The third-order valence-corrected chi connectivity index (χ3v) is 6.43. The summed E-state index contributed by atoms with van der Waals surface area (Å²) in [6.45, 7) is 4.11. The Morgan fingerprint density at radius 3 is 2.29 bits per heavy atom. The molecule has 1 heterocycles. The highest BCUT2D eigenvalue weighted by molar-refractivity contribution is 7.98. The minimum Gasteiger partial charge on any atom is -0.268 e. The quantitative estimate of drug-likeness (QED) is 0.247. The van der Waals surface area contributed by atoms with E-state index in [2.05, 4.69) is 62.4 Å². The van der Waals surface area contributed by atoms with E-state index in [4.69, 9.17) is 4.98 Å². The molecule has 0 aliphatic heterocycles. The van der Waals surface area contributed by atoms with Crippen LogP contribution in [0.5, 0.6) is 0 Å². The summed E-state index contributed by atoms with van der Waals surface area (Å²) in [6, 6.07) is 28.5. The fourth-order valence-electron chi connectivity index (χ4n) is 4.08. The molecule has 0 radical (unpaired) electrons. The smallest absolute Gasteiger partial charge is 0.266 e. The van der Waals surface area contributed by atoms with E-state index in [1.807, 2.05) is 36.4 Å². The van der Waals surface area contributed by atoms with Crippen molar-refractivity contribution in [1.82, 2.24) is 9.55 Å². The van der Waals surface area contributed by atoms with Crippen molar-refractivity contribution in [1.29, 1.82) is 0 Å². The van der Waals surface area contributed by atoms with Gasteiger partial charge in [0.1, 0.15) is 0 Å². The molecular formula is C27H22N2OS. The molecule has 31 heavy (non-hydrogen) atoms. The third kappa shape index (κ3) is 3.75. The number of rotatable bonds is 4. The Kier molecular flexibility index (Phi) is 5.08. The number of aromatic nitrogens is 2. The molecule has 0 amide bonds. The van der Waals surface area contributed by atoms with Gasteiger partial charge in [-0.25, -0.2) is 4.98 Å². The van der Waals surface area contributed by atoms with Crippen molar-refractivity contribution in [2.24, 2.45) is 0 Å². The molecule has 4 heteroatoms. The molecule has 0 aliphatic rings. The normalized spacial score (nSPS) is 11.3. The van der Waals surface area contributed by atoms with Gasteiger partial charge in [-0.15, -0.1) is 0 Å². The van der Waals surface area contributed by atoms with E-state index in [1.54, 1.807) is 16.3 Å². The van der Waals surface area contributed by atoms with Gasteiger partial charge in [-0.2, -0.15) is 0 Å². The maximum Gasteiger partial charge on any atom is 0.266 e. The summed E-state index contributed by atoms with van der Waals surface area (Å²) in [7, 11) is 0. The first-order chi connectivity index (χ1) is 15.1. The predicted octanol–water partition coefficient (Wildman–Crippen LogP) is 6.45. The maximum atomic E-state index is 13.5. The van der Waals surface area contributed by atoms with Crippen LogP contribution in [-0.2, 0) is 5.75 Å². The molecule has 0 bridgehead atoms. The number of thioether (sulfide) groups is 1. The Hall–Kier alpha value is -3.37. The van der Waals surface area contributed by atoms with Gasteiger partial charge < -0.3 is 0 Å². The van der Waals surface area contributed by atoms with Gasteiger partial charge in [-0.05, 0) is 65.6 Å². The van der Waals surface area contributed by atoms with Crippen LogP contribution in [0.15, 0.2) is 94.9 Å². The first-order valence-electron chi connectivity index (χ1n) is 10.3. The molecule has 0 saturated heterocycles. The molecule has 5 rings (SSSR count). The van der Waals surface area contributed by atoms with Gasteiger partial charge in [0, 0.05) is 5.75 Å². The molecular weight excluding hydrogens is 400 g/mol. The summed E-state index contributed by atoms with van der Waals surface area (Å²) in [5.41, 5.74) is 5.04. The number of para-hydroxylation sites is 1. The van der Waals surface area contributed by atoms with Crippen LogP contribution in [0.3, 0.4) is 0 Å². The minimum atomic E-state index is -0.0315. The summed E-state index contributed by atoms with van der Waals surface area (Å²) in [5, 5.41) is 3.80. The Morgan fingerprint density at radius 1 is 0.806 bits per heavy atom. The lowest BCUT2D eigenvalue weighted by Gasteiger charge is -2.15. The second-order valence-corrected chi connectivity index (χ2v) is 8.77. The molecule has 0 atom stereocenters. The molecule has 152 valence electrons. The van der Waals surface area contributed by atoms with Gasteiger partial charge in [0.05, 0.1) is 16.6 Å². The minimum absolute atomic E-state index is 0.0315. The first-order valence-corrected chi connectivity index (χ1v) is 11.3. The molecule has 0 N–H and O–H groups in total. The van der Waals surface area contributed by atoms with Crippen molar-refractivity contribution < 1.29 is 0 Å². The highest BCUT2D eigenvalue weighted by Gasteiger charge is 2.14. The number of fused-ring (bicyclic) bond motifs is 2. The van der Waals surface area contributed by atoms with Gasteiger partial charge in [0.25, 0.3) is 5.56 Å². The van der Waals surface area contributed by atoms with Crippen LogP contribution >= 0.6 is 11.8 Å². The summed E-state index contributed by atoms with van der Waals surface area (Å²) >= 11 is 1.60. The van der Waals surface area contributed by atoms with Gasteiger partial charge in [0.2, 0.25) is 0 Å². The SMILES string of the molecule is Cc1cc(C)cc(-n2c(SCc3cccc4ccccc34)nc3ccccc3c2=O)c1. The lowest BCUT2D eigenvalue weighted by molar-refractivity contribution is 0.818. The molecule has 0 aliphatic carbocycles. The number of aryl methyl sites for hydroxylation is 2. The molecule has 0 unspecified atom stereocenters. The second kappa shape index (κ2) is 8.05. The van der Waals surface area contributed by atoms with Gasteiger partial charge in [-0.3, -0.25) is 9.36 Å². The number of hydrogen-bond donors (Lipinski definition) is 0. The second-order valence-electron chi connectivity index (χ2n) is 7.82. The van der Waals surface area contributed by atoms with Crippen molar-refractivity contribution in [3.8, 4) is 5.69 Å². The van der Waals surface area contributed by atoms with E-state index in [-0.39, 0.29) is 5.56 Å². The lowest BCUT2D eigenvalue weighted by atomic mass is 10.1. The Balaban J connectivity index is 1.66. The fourth-order valence-corrected chi connectivity index (χ4v) is 5.09. The molecule has 0 spiro atoms. The topological polar surface area (TPSA) is 34.9 Å². The van der Waals surface area contributed by atoms with Crippen molar-refractivity contribution in [2.45, 2.75) is 24.8 Å². The number of nitrogens with zero attached hydrogens (tertiary/aromatic N) is 2. The summed E-state index contributed by atoms with van der Waals surface area (Å²) in [6.07, 6.45) is 0. The van der Waals surface area contributed by atoms with Crippen molar-refractivity contribution in [3.63, 3.8) is 0 Å². The van der Waals surface area contributed by atoms with Crippen LogP contribution in [0, 0.1) is 13.8 Å². The van der Waals surface area contributed by atoms with E-state index >= 15 is 0 Å². The molecule has 5 aromatic rings. The monoisotopic (exact) mass is 422 g/mol. The van der Waals surface area contributed by atoms with E-state index in [0.29, 0.717) is 10.5 Å². The first kappa shape index (κ1) is 19.6. The van der Waals surface area contributed by atoms with Crippen molar-refractivity contribution in [3.05, 3.63) is 112 Å². The van der Waals surface area contributed by atoms with Gasteiger partial charge in [-0.1, -0.05) is 72.4 Å². The molecule has 4 aromatic carbocycles. The third-order valence-electron chi connectivity index (χ3n) is 5.45. The summed E-state index contributed by atoms with van der Waals surface area (Å²) in [5.74, 6) is 0.733. The van der Waals surface area contributed by atoms with E-state index < -0.39 is 0 Å². The van der Waals surface area contributed by atoms with Crippen LogP contribution in [0.1, 0.15) is 16.7 Å². The maximum absolute atomic E-state index is 13.5. The zero-order valence-corrected chi connectivity index (χ0v) is 18.3. The van der Waals surface area contributed by atoms with Crippen molar-refractivity contribution >= 4 is 33.4 Å². The number of hydrogen-bond acceptors (Lipinski definition) is 3. The van der Waals surface area contributed by atoms with Crippen LogP contribution < -0.4 is 5.56 Å².